The van der Waals surface area contributed by atoms with Gasteiger partial charge < -0.3 is 19.8 Å². The average molecular weight is 320 g/mol. The number of carbonyl (C=O) groups excluding carboxylic acids is 2. The molecule has 0 aliphatic carbocycles. The van der Waals surface area contributed by atoms with Crippen LogP contribution in [0.5, 0.6) is 5.75 Å². The fourth-order valence-corrected chi connectivity index (χ4v) is 1.98. The lowest BCUT2D eigenvalue weighted by atomic mass is 10.1. The largest absolute Gasteiger partial charge is 0.494 e. The molecule has 2 N–H and O–H groups in total. The van der Waals surface area contributed by atoms with Crippen molar-refractivity contribution >= 4 is 11.8 Å². The Balaban J connectivity index is 1.87. The van der Waals surface area contributed by atoms with Gasteiger partial charge in [0.2, 0.25) is 5.91 Å². The average Bonchev–Trinajstić information content (AvgIpc) is 3.07. The Kier molecular flexibility index (Phi) is 5.35. The van der Waals surface area contributed by atoms with Crippen LogP contribution in [0.25, 0.3) is 0 Å². The number of methoxy groups -OCH3 is 1. The molecular weight excluding hydrogens is 303 g/mol. The number of ether oxygens (including phenoxy) is 1. The third-order valence-corrected chi connectivity index (χ3v) is 3.21. The summed E-state index contributed by atoms with van der Waals surface area (Å²) >= 11 is 0. The highest BCUT2D eigenvalue weighted by molar-refractivity contribution is 5.94. The fraction of sp³-hybridized carbons (Fsp3) is 0.250. The lowest BCUT2D eigenvalue weighted by molar-refractivity contribution is -0.120. The summed E-state index contributed by atoms with van der Waals surface area (Å²) in [5, 5.41) is 5.10. The zero-order chi connectivity index (χ0) is 16.8. The number of rotatable bonds is 6. The molecule has 1 heterocycles. The second-order valence-corrected chi connectivity index (χ2v) is 4.84. The molecule has 1 atom stereocenters. The Bertz CT molecular complexity index is 685. The monoisotopic (exact) mass is 320 g/mol. The summed E-state index contributed by atoms with van der Waals surface area (Å²) in [4.78, 5) is 23.5. The van der Waals surface area contributed by atoms with Crippen LogP contribution in [0.2, 0.25) is 0 Å². The molecule has 0 saturated carbocycles. The Morgan fingerprint density at radius 1 is 1.35 bits per heavy atom. The van der Waals surface area contributed by atoms with E-state index in [4.69, 9.17) is 9.15 Å². The van der Waals surface area contributed by atoms with E-state index in [0.717, 1.165) is 0 Å². The molecule has 0 unspecified atom stereocenters. The first kappa shape index (κ1) is 16.5. The number of nitrogens with one attached hydrogen (secondary N) is 2. The maximum Gasteiger partial charge on any atom is 0.287 e. The van der Waals surface area contributed by atoms with Crippen LogP contribution in [0.1, 0.15) is 29.1 Å². The van der Waals surface area contributed by atoms with Gasteiger partial charge in [-0.15, -0.1) is 0 Å². The second kappa shape index (κ2) is 7.44. The van der Waals surface area contributed by atoms with Crippen molar-refractivity contribution in [3.63, 3.8) is 0 Å². The lowest BCUT2D eigenvalue weighted by Gasteiger charge is -2.15. The molecule has 0 fully saturated rings. The van der Waals surface area contributed by atoms with Crippen molar-refractivity contribution in [3.8, 4) is 5.75 Å². The van der Waals surface area contributed by atoms with E-state index in [1.807, 2.05) is 0 Å². The van der Waals surface area contributed by atoms with Crippen LogP contribution >= 0.6 is 0 Å². The maximum absolute atomic E-state index is 13.7. The second-order valence-electron chi connectivity index (χ2n) is 4.84. The van der Waals surface area contributed by atoms with E-state index in [0.29, 0.717) is 5.56 Å². The first-order valence-corrected chi connectivity index (χ1v) is 6.95. The Morgan fingerprint density at radius 2 is 2.13 bits per heavy atom. The number of hydrogen-bond acceptors (Lipinski definition) is 4. The molecule has 1 aromatic carbocycles. The van der Waals surface area contributed by atoms with E-state index >= 15 is 0 Å². The van der Waals surface area contributed by atoms with Crippen LogP contribution in [-0.2, 0) is 4.79 Å². The van der Waals surface area contributed by atoms with Gasteiger partial charge >= 0.3 is 0 Å². The molecule has 23 heavy (non-hydrogen) atoms. The standard InChI is InChI=1S/C16H17FN2O4/c1-10(11-5-6-13(22-2)12(17)8-11)19-15(20)9-18-16(21)14-4-3-7-23-14/h3-8,10H,9H2,1-2H3,(H,18,21)(H,19,20)/t10-/m1/s1. The molecule has 0 aliphatic rings. The van der Waals surface area contributed by atoms with E-state index in [1.165, 1.54) is 31.6 Å². The number of benzene rings is 1. The minimum absolute atomic E-state index is 0.128. The van der Waals surface area contributed by atoms with Crippen molar-refractivity contribution in [2.24, 2.45) is 0 Å². The lowest BCUT2D eigenvalue weighted by Crippen LogP contribution is -2.37. The third kappa shape index (κ3) is 4.32. The fourth-order valence-electron chi connectivity index (χ4n) is 1.98. The van der Waals surface area contributed by atoms with Crippen molar-refractivity contribution in [1.29, 1.82) is 0 Å². The van der Waals surface area contributed by atoms with Gasteiger partial charge in [0.05, 0.1) is 26.0 Å². The Morgan fingerprint density at radius 3 is 2.74 bits per heavy atom. The molecule has 7 heteroatoms. The molecule has 122 valence electrons. The van der Waals surface area contributed by atoms with Crippen LogP contribution in [0, 0.1) is 5.82 Å². The normalized spacial score (nSPS) is 11.6. The molecule has 6 nitrogen and oxygen atoms in total. The van der Waals surface area contributed by atoms with Crippen molar-refractivity contribution in [1.82, 2.24) is 10.6 Å². The van der Waals surface area contributed by atoms with Crippen LogP contribution in [0.15, 0.2) is 41.0 Å². The molecular formula is C16H17FN2O4. The highest BCUT2D eigenvalue weighted by Crippen LogP contribution is 2.21. The molecule has 2 amide bonds. The number of amides is 2. The van der Waals surface area contributed by atoms with Crippen LogP contribution in [0.3, 0.4) is 0 Å². The molecule has 0 radical (unpaired) electrons. The number of furan rings is 1. The zero-order valence-corrected chi connectivity index (χ0v) is 12.8. The Labute approximate surface area is 132 Å². The van der Waals surface area contributed by atoms with E-state index in [9.17, 15) is 14.0 Å². The van der Waals surface area contributed by atoms with Gasteiger partial charge in [-0.3, -0.25) is 9.59 Å². The van der Waals surface area contributed by atoms with Crippen LogP contribution in [-0.4, -0.2) is 25.5 Å². The third-order valence-electron chi connectivity index (χ3n) is 3.21. The summed E-state index contributed by atoms with van der Waals surface area (Å²) in [6.07, 6.45) is 1.37. The van der Waals surface area contributed by atoms with Gasteiger partial charge in [0, 0.05) is 0 Å². The van der Waals surface area contributed by atoms with E-state index < -0.39 is 23.7 Å². The molecule has 0 spiro atoms. The van der Waals surface area contributed by atoms with Crippen LogP contribution in [0.4, 0.5) is 4.39 Å². The minimum Gasteiger partial charge on any atom is -0.494 e. The SMILES string of the molecule is COc1ccc([C@@H](C)NC(=O)CNC(=O)c2ccco2)cc1F. The minimum atomic E-state index is -0.503. The van der Waals surface area contributed by atoms with E-state index in [-0.39, 0.29) is 18.1 Å². The highest BCUT2D eigenvalue weighted by Gasteiger charge is 2.14. The molecule has 2 rings (SSSR count). The highest BCUT2D eigenvalue weighted by atomic mass is 19.1. The zero-order valence-electron chi connectivity index (χ0n) is 12.8. The van der Waals surface area contributed by atoms with Crippen molar-refractivity contribution in [3.05, 3.63) is 53.7 Å². The molecule has 0 bridgehead atoms. The summed E-state index contributed by atoms with van der Waals surface area (Å²) in [5.41, 5.74) is 0.592. The van der Waals surface area contributed by atoms with Crippen LogP contribution < -0.4 is 15.4 Å². The summed E-state index contributed by atoms with van der Waals surface area (Å²) < 4.78 is 23.4. The molecule has 1 aromatic heterocycles. The first-order chi connectivity index (χ1) is 11.0. The number of carbonyl (C=O) groups is 2. The van der Waals surface area contributed by atoms with Gasteiger partial charge in [0.25, 0.3) is 5.91 Å². The quantitative estimate of drug-likeness (QED) is 0.853. The van der Waals surface area contributed by atoms with Gasteiger partial charge in [-0.05, 0) is 36.8 Å². The molecule has 0 aliphatic heterocycles. The maximum atomic E-state index is 13.7. The van der Waals surface area contributed by atoms with Gasteiger partial charge in [-0.2, -0.15) is 0 Å². The smallest absolute Gasteiger partial charge is 0.287 e. The number of halogens is 1. The summed E-state index contributed by atoms with van der Waals surface area (Å²) in [6, 6.07) is 7.11. The topological polar surface area (TPSA) is 80.6 Å². The van der Waals surface area contributed by atoms with Gasteiger partial charge in [0.15, 0.2) is 17.3 Å². The van der Waals surface area contributed by atoms with Crippen molar-refractivity contribution < 1.29 is 23.1 Å². The Hall–Kier alpha value is -2.83. The summed E-state index contributed by atoms with van der Waals surface area (Å²) in [6.45, 7) is 1.51. The summed E-state index contributed by atoms with van der Waals surface area (Å²) in [5.74, 6) is -1.11. The predicted molar refractivity (Wildman–Crippen MR) is 80.6 cm³/mol. The van der Waals surface area contributed by atoms with Crippen molar-refractivity contribution in [2.45, 2.75) is 13.0 Å². The first-order valence-electron chi connectivity index (χ1n) is 6.95. The predicted octanol–water partition coefficient (Wildman–Crippen LogP) is 2.03. The van der Waals surface area contributed by atoms with Gasteiger partial charge in [-0.1, -0.05) is 6.07 Å². The van der Waals surface area contributed by atoms with Gasteiger partial charge in [-0.25, -0.2) is 4.39 Å². The van der Waals surface area contributed by atoms with E-state index in [2.05, 4.69) is 10.6 Å². The number of hydrogen-bond donors (Lipinski definition) is 2. The summed E-state index contributed by atoms with van der Waals surface area (Å²) in [7, 11) is 1.38. The van der Waals surface area contributed by atoms with Crippen molar-refractivity contribution in [2.75, 3.05) is 13.7 Å². The molecule has 2 aromatic rings. The van der Waals surface area contributed by atoms with E-state index in [1.54, 1.807) is 19.1 Å². The van der Waals surface area contributed by atoms with Gasteiger partial charge in [0.1, 0.15) is 0 Å². The molecule has 0 saturated heterocycles.